The van der Waals surface area contributed by atoms with E-state index in [1.54, 1.807) is 12.3 Å². The maximum Gasteiger partial charge on any atom is 0.254 e. The highest BCUT2D eigenvalue weighted by molar-refractivity contribution is 5.99. The lowest BCUT2D eigenvalue weighted by Crippen LogP contribution is -2.50. The molecule has 2 aliphatic heterocycles. The second-order valence-corrected chi connectivity index (χ2v) is 6.38. The van der Waals surface area contributed by atoms with Gasteiger partial charge in [-0.05, 0) is 30.5 Å². The Morgan fingerprint density at radius 3 is 2.65 bits per heavy atom. The lowest BCUT2D eigenvalue weighted by atomic mass is 9.81. The summed E-state index contributed by atoms with van der Waals surface area (Å²) in [5, 5.41) is 0. The van der Waals surface area contributed by atoms with Crippen LogP contribution < -0.4 is 10.6 Å². The van der Waals surface area contributed by atoms with Gasteiger partial charge in [0.2, 0.25) is 0 Å². The van der Waals surface area contributed by atoms with Gasteiger partial charge in [-0.25, -0.2) is 4.98 Å². The SMILES string of the molecule is CN1C(=O)c2ccccc2C12CCN(c1cc(N)ccn1)CC2. The van der Waals surface area contributed by atoms with Crippen molar-refractivity contribution in [3.63, 3.8) is 0 Å². The van der Waals surface area contributed by atoms with Gasteiger partial charge in [0.1, 0.15) is 5.82 Å². The predicted molar refractivity (Wildman–Crippen MR) is 90.3 cm³/mol. The number of nitrogens with zero attached hydrogens (tertiary/aromatic N) is 3. The lowest BCUT2D eigenvalue weighted by molar-refractivity contribution is 0.0568. The highest BCUT2D eigenvalue weighted by Gasteiger charge is 2.48. The first kappa shape index (κ1) is 14.1. The van der Waals surface area contributed by atoms with Crippen molar-refractivity contribution >= 4 is 17.4 Å². The molecule has 118 valence electrons. The molecule has 1 fully saturated rings. The van der Waals surface area contributed by atoms with Crippen molar-refractivity contribution in [2.45, 2.75) is 18.4 Å². The Morgan fingerprint density at radius 1 is 1.17 bits per heavy atom. The van der Waals surface area contributed by atoms with Crippen LogP contribution in [0.15, 0.2) is 42.6 Å². The smallest absolute Gasteiger partial charge is 0.254 e. The molecule has 2 aliphatic rings. The van der Waals surface area contributed by atoms with Crippen molar-refractivity contribution in [1.29, 1.82) is 0 Å². The molecule has 0 saturated carbocycles. The Balaban J connectivity index is 1.63. The van der Waals surface area contributed by atoms with Crippen molar-refractivity contribution in [2.24, 2.45) is 0 Å². The standard InChI is InChI=1S/C18H20N4O/c1-21-17(23)14-4-2-3-5-15(14)18(21)7-10-22(11-8-18)16-12-13(19)6-9-20-16/h2-6,9,12H,7-8,10-11H2,1H3,(H2,19,20). The van der Waals surface area contributed by atoms with Gasteiger partial charge in [-0.1, -0.05) is 18.2 Å². The van der Waals surface area contributed by atoms with E-state index in [-0.39, 0.29) is 11.4 Å². The Bertz CT molecular complexity index is 765. The van der Waals surface area contributed by atoms with Gasteiger partial charge < -0.3 is 15.5 Å². The van der Waals surface area contributed by atoms with Crippen LogP contribution in [0.2, 0.25) is 0 Å². The van der Waals surface area contributed by atoms with Crippen LogP contribution in [0.3, 0.4) is 0 Å². The summed E-state index contributed by atoms with van der Waals surface area (Å²) >= 11 is 0. The Labute approximate surface area is 135 Å². The molecule has 0 unspecified atom stereocenters. The van der Waals surface area contributed by atoms with Crippen LogP contribution in [0, 0.1) is 0 Å². The minimum absolute atomic E-state index is 0.135. The van der Waals surface area contributed by atoms with Crippen LogP contribution in [-0.2, 0) is 5.54 Å². The molecule has 0 bridgehead atoms. The Kier molecular flexibility index (Phi) is 3.04. The molecule has 1 aromatic carbocycles. The minimum atomic E-state index is -0.176. The van der Waals surface area contributed by atoms with Gasteiger partial charge in [-0.3, -0.25) is 4.79 Å². The van der Waals surface area contributed by atoms with Gasteiger partial charge in [0.15, 0.2) is 0 Å². The van der Waals surface area contributed by atoms with Gasteiger partial charge in [-0.15, -0.1) is 0 Å². The van der Waals surface area contributed by atoms with Crippen LogP contribution in [0.5, 0.6) is 0 Å². The van der Waals surface area contributed by atoms with Crippen LogP contribution in [0.1, 0.15) is 28.8 Å². The van der Waals surface area contributed by atoms with Gasteiger partial charge in [-0.2, -0.15) is 0 Å². The monoisotopic (exact) mass is 308 g/mol. The molecular weight excluding hydrogens is 288 g/mol. The maximum atomic E-state index is 12.5. The number of piperidine rings is 1. The number of hydrogen-bond acceptors (Lipinski definition) is 4. The fourth-order valence-corrected chi connectivity index (χ4v) is 3.95. The van der Waals surface area contributed by atoms with Crippen LogP contribution in [0.25, 0.3) is 0 Å². The maximum absolute atomic E-state index is 12.5. The largest absolute Gasteiger partial charge is 0.399 e. The van der Waals surface area contributed by atoms with Gasteiger partial charge >= 0.3 is 0 Å². The van der Waals surface area contributed by atoms with Gasteiger partial charge in [0.05, 0.1) is 5.54 Å². The molecule has 0 atom stereocenters. The van der Waals surface area contributed by atoms with E-state index in [1.165, 1.54) is 5.56 Å². The fraction of sp³-hybridized carbons (Fsp3) is 0.333. The summed E-state index contributed by atoms with van der Waals surface area (Å²) in [6.45, 7) is 1.73. The fourth-order valence-electron chi connectivity index (χ4n) is 3.95. The highest BCUT2D eigenvalue weighted by Crippen LogP contribution is 2.45. The molecule has 0 radical (unpaired) electrons. The van der Waals surface area contributed by atoms with E-state index in [4.69, 9.17) is 5.73 Å². The molecule has 1 saturated heterocycles. The molecule has 1 amide bonds. The number of anilines is 2. The Hall–Kier alpha value is -2.56. The van der Waals surface area contributed by atoms with E-state index in [2.05, 4.69) is 16.0 Å². The third-order valence-electron chi connectivity index (χ3n) is 5.29. The number of carbonyl (C=O) groups excluding carboxylic acids is 1. The first-order chi connectivity index (χ1) is 11.1. The first-order valence-electron chi connectivity index (χ1n) is 7.96. The third-order valence-corrected chi connectivity index (χ3v) is 5.29. The average Bonchev–Trinajstić information content (AvgIpc) is 2.79. The molecule has 2 N–H and O–H groups in total. The Morgan fingerprint density at radius 2 is 1.91 bits per heavy atom. The molecule has 1 aromatic heterocycles. The number of nitrogens with two attached hydrogens (primary N) is 1. The van der Waals surface area contributed by atoms with E-state index in [1.807, 2.05) is 36.2 Å². The van der Waals surface area contributed by atoms with Gasteiger partial charge in [0, 0.05) is 43.7 Å². The van der Waals surface area contributed by atoms with Crippen molar-refractivity contribution in [3.8, 4) is 0 Å². The average molecular weight is 308 g/mol. The van der Waals surface area contributed by atoms with Crippen LogP contribution in [0.4, 0.5) is 11.5 Å². The number of fused-ring (bicyclic) bond motifs is 2. The summed E-state index contributed by atoms with van der Waals surface area (Å²) in [7, 11) is 1.93. The number of rotatable bonds is 1. The minimum Gasteiger partial charge on any atom is -0.399 e. The lowest BCUT2D eigenvalue weighted by Gasteiger charge is -2.44. The molecule has 5 heteroatoms. The number of hydrogen-bond donors (Lipinski definition) is 1. The summed E-state index contributed by atoms with van der Waals surface area (Å²) in [4.78, 5) is 21.2. The number of pyridine rings is 1. The second-order valence-electron chi connectivity index (χ2n) is 6.38. The van der Waals surface area contributed by atoms with Gasteiger partial charge in [0.25, 0.3) is 5.91 Å². The molecule has 1 spiro atoms. The molecule has 3 heterocycles. The number of aromatic nitrogens is 1. The third kappa shape index (κ3) is 2.00. The van der Waals surface area contributed by atoms with Crippen molar-refractivity contribution in [2.75, 3.05) is 30.8 Å². The molecule has 4 rings (SSSR count). The van der Waals surface area contributed by atoms with E-state index < -0.39 is 0 Å². The number of amides is 1. The van der Waals surface area contributed by atoms with E-state index >= 15 is 0 Å². The number of carbonyl (C=O) groups is 1. The summed E-state index contributed by atoms with van der Waals surface area (Å²) in [5.74, 6) is 1.05. The van der Waals surface area contributed by atoms with E-state index in [9.17, 15) is 4.79 Å². The summed E-state index contributed by atoms with van der Waals surface area (Å²) < 4.78 is 0. The summed E-state index contributed by atoms with van der Waals surface area (Å²) in [6.07, 6.45) is 3.56. The zero-order chi connectivity index (χ0) is 16.0. The normalized spacial score (nSPS) is 19.3. The van der Waals surface area contributed by atoms with E-state index in [0.29, 0.717) is 0 Å². The van der Waals surface area contributed by atoms with Crippen molar-refractivity contribution in [1.82, 2.24) is 9.88 Å². The molecule has 5 nitrogen and oxygen atoms in total. The second kappa shape index (κ2) is 4.98. The molecule has 2 aromatic rings. The number of nitrogen functional groups attached to an aromatic ring is 1. The van der Waals surface area contributed by atoms with Crippen LogP contribution >= 0.6 is 0 Å². The molecule has 23 heavy (non-hydrogen) atoms. The van der Waals surface area contributed by atoms with E-state index in [0.717, 1.165) is 43.0 Å². The molecule has 0 aliphatic carbocycles. The zero-order valence-corrected chi connectivity index (χ0v) is 13.2. The van der Waals surface area contributed by atoms with Crippen LogP contribution in [-0.4, -0.2) is 35.9 Å². The first-order valence-corrected chi connectivity index (χ1v) is 7.96. The topological polar surface area (TPSA) is 62.5 Å². The quantitative estimate of drug-likeness (QED) is 0.877. The molecular formula is C18H20N4O. The van der Waals surface area contributed by atoms with Crippen molar-refractivity contribution in [3.05, 3.63) is 53.7 Å². The summed E-state index contributed by atoms with van der Waals surface area (Å²) in [6, 6.07) is 11.7. The number of benzene rings is 1. The predicted octanol–water partition coefficient (Wildman–Crippen LogP) is 2.25. The zero-order valence-electron chi connectivity index (χ0n) is 13.2. The van der Waals surface area contributed by atoms with Crippen molar-refractivity contribution < 1.29 is 4.79 Å². The summed E-state index contributed by atoms with van der Waals surface area (Å²) in [5.41, 5.74) is 8.45. The highest BCUT2D eigenvalue weighted by atomic mass is 16.2.